The lowest BCUT2D eigenvalue weighted by Crippen LogP contribution is -2.51. The maximum absolute atomic E-state index is 12.7. The van der Waals surface area contributed by atoms with E-state index in [0.717, 1.165) is 18.5 Å². The lowest BCUT2D eigenvalue weighted by molar-refractivity contribution is -0.187. The molecule has 4 nitrogen and oxygen atoms in total. The van der Waals surface area contributed by atoms with Gasteiger partial charge in [0.2, 0.25) is 0 Å². The van der Waals surface area contributed by atoms with E-state index in [2.05, 4.69) is 22.1 Å². The van der Waals surface area contributed by atoms with Crippen molar-refractivity contribution in [2.75, 3.05) is 18.4 Å². The van der Waals surface area contributed by atoms with Crippen molar-refractivity contribution in [3.8, 4) is 0 Å². The minimum atomic E-state index is -4.05. The van der Waals surface area contributed by atoms with Crippen LogP contribution in [0.3, 0.4) is 0 Å². The minimum Gasteiger partial charge on any atom is -0.370 e. The highest BCUT2D eigenvalue weighted by Gasteiger charge is 2.43. The van der Waals surface area contributed by atoms with Crippen molar-refractivity contribution in [1.82, 2.24) is 4.90 Å². The van der Waals surface area contributed by atoms with Crippen molar-refractivity contribution in [3.05, 3.63) is 29.3 Å². The lowest BCUT2D eigenvalue weighted by atomic mass is 9.83. The summed E-state index contributed by atoms with van der Waals surface area (Å²) in [6.45, 7) is 5.16. The van der Waals surface area contributed by atoms with E-state index in [1.165, 1.54) is 11.1 Å². The van der Waals surface area contributed by atoms with Crippen LogP contribution in [0.4, 0.5) is 18.9 Å². The molecule has 0 atom stereocenters. The van der Waals surface area contributed by atoms with Gasteiger partial charge in [0.05, 0.1) is 12.0 Å². The van der Waals surface area contributed by atoms with Crippen LogP contribution < -0.4 is 11.1 Å². The van der Waals surface area contributed by atoms with Gasteiger partial charge < -0.3 is 16.0 Å². The molecule has 1 saturated heterocycles. The van der Waals surface area contributed by atoms with Gasteiger partial charge in [0.1, 0.15) is 0 Å². The van der Waals surface area contributed by atoms with Crippen molar-refractivity contribution < 1.29 is 13.2 Å². The third-order valence-electron chi connectivity index (χ3n) is 5.70. The SMILES string of the molecule is Cc1ccc(NC(N)=NC2CC(N3CCC(C(F)(F)F)CC3)C2)cc1C. The number of benzene rings is 1. The molecule has 1 aliphatic carbocycles. The van der Waals surface area contributed by atoms with E-state index in [0.29, 0.717) is 25.1 Å². The van der Waals surface area contributed by atoms with Crippen LogP contribution in [0.1, 0.15) is 36.8 Å². The van der Waals surface area contributed by atoms with Gasteiger partial charge in [0.15, 0.2) is 5.96 Å². The first-order chi connectivity index (χ1) is 12.2. The van der Waals surface area contributed by atoms with E-state index in [-0.39, 0.29) is 18.9 Å². The van der Waals surface area contributed by atoms with Gasteiger partial charge in [-0.05, 0) is 75.9 Å². The lowest BCUT2D eigenvalue weighted by Gasteiger charge is -2.44. The van der Waals surface area contributed by atoms with E-state index in [4.69, 9.17) is 5.73 Å². The molecule has 2 aliphatic rings. The van der Waals surface area contributed by atoms with Crippen LogP contribution in [0.25, 0.3) is 0 Å². The Hall–Kier alpha value is -1.76. The van der Waals surface area contributed by atoms with Crippen LogP contribution in [0.2, 0.25) is 0 Å². The van der Waals surface area contributed by atoms with Gasteiger partial charge in [-0.25, -0.2) is 4.99 Å². The molecule has 1 aromatic rings. The number of aliphatic imine (C=N–C) groups is 1. The molecule has 3 rings (SSSR count). The number of piperidine rings is 1. The number of alkyl halides is 3. The van der Waals surface area contributed by atoms with Gasteiger partial charge in [-0.1, -0.05) is 6.07 Å². The molecule has 1 aliphatic heterocycles. The van der Waals surface area contributed by atoms with E-state index in [9.17, 15) is 13.2 Å². The molecule has 0 radical (unpaired) electrons. The number of nitrogens with two attached hydrogens (primary N) is 1. The summed E-state index contributed by atoms with van der Waals surface area (Å²) in [5.74, 6) is -0.738. The van der Waals surface area contributed by atoms with Gasteiger partial charge in [-0.15, -0.1) is 0 Å². The molecule has 0 amide bonds. The quantitative estimate of drug-likeness (QED) is 0.630. The monoisotopic (exact) mass is 368 g/mol. The fourth-order valence-corrected chi connectivity index (χ4v) is 3.75. The van der Waals surface area contributed by atoms with E-state index < -0.39 is 12.1 Å². The number of aryl methyl sites for hydroxylation is 2. The number of hydrogen-bond donors (Lipinski definition) is 2. The first-order valence-electron chi connectivity index (χ1n) is 9.20. The standard InChI is InChI=1S/C19H27F3N4/c1-12-3-4-15(9-13(12)2)24-18(23)25-16-10-17(11-16)26-7-5-14(6-8-26)19(20,21)22/h3-4,9,14,16-17H,5-8,10-11H2,1-2H3,(H3,23,24,25). The largest absolute Gasteiger partial charge is 0.391 e. The Balaban J connectivity index is 1.45. The summed E-state index contributed by atoms with van der Waals surface area (Å²) in [7, 11) is 0. The van der Waals surface area contributed by atoms with Gasteiger partial charge in [-0.2, -0.15) is 13.2 Å². The van der Waals surface area contributed by atoms with Crippen LogP contribution >= 0.6 is 0 Å². The van der Waals surface area contributed by atoms with Crippen LogP contribution in [-0.4, -0.2) is 42.2 Å². The summed E-state index contributed by atoms with van der Waals surface area (Å²) in [5, 5.41) is 3.11. The fourth-order valence-electron chi connectivity index (χ4n) is 3.75. The minimum absolute atomic E-state index is 0.152. The molecule has 1 saturated carbocycles. The van der Waals surface area contributed by atoms with Gasteiger partial charge in [0, 0.05) is 11.7 Å². The Kier molecular flexibility index (Phi) is 5.46. The third-order valence-corrected chi connectivity index (χ3v) is 5.70. The zero-order valence-corrected chi connectivity index (χ0v) is 15.3. The summed E-state index contributed by atoms with van der Waals surface area (Å²) in [5.41, 5.74) is 9.32. The molecule has 1 aromatic carbocycles. The summed E-state index contributed by atoms with van der Waals surface area (Å²) in [6.07, 6.45) is -1.89. The zero-order chi connectivity index (χ0) is 18.9. The normalized spacial score (nSPS) is 25.8. The Labute approximate surface area is 152 Å². The average molecular weight is 368 g/mol. The summed E-state index contributed by atoms with van der Waals surface area (Å²) >= 11 is 0. The number of rotatable bonds is 3. The molecule has 0 spiro atoms. The molecule has 144 valence electrons. The number of halogens is 3. The van der Waals surface area contributed by atoms with Crippen molar-refractivity contribution >= 4 is 11.6 Å². The summed E-state index contributed by atoms with van der Waals surface area (Å²) in [4.78, 5) is 6.69. The number of anilines is 1. The molecule has 0 aromatic heterocycles. The van der Waals surface area contributed by atoms with Crippen LogP contribution in [-0.2, 0) is 0 Å². The number of nitrogens with one attached hydrogen (secondary N) is 1. The summed E-state index contributed by atoms with van der Waals surface area (Å²) in [6, 6.07) is 6.53. The third kappa shape index (κ3) is 4.50. The second kappa shape index (κ2) is 7.47. The Morgan fingerprint density at radius 1 is 1.15 bits per heavy atom. The van der Waals surface area contributed by atoms with Crippen molar-refractivity contribution in [3.63, 3.8) is 0 Å². The molecule has 26 heavy (non-hydrogen) atoms. The number of likely N-dealkylation sites (tertiary alicyclic amines) is 1. The Bertz CT molecular complexity index is 657. The molecular formula is C19H27F3N4. The Morgan fingerprint density at radius 2 is 1.81 bits per heavy atom. The second-order valence-corrected chi connectivity index (χ2v) is 7.57. The molecule has 2 fully saturated rings. The molecule has 3 N–H and O–H groups in total. The zero-order valence-electron chi connectivity index (χ0n) is 15.3. The molecular weight excluding hydrogens is 341 g/mol. The highest BCUT2D eigenvalue weighted by atomic mass is 19.4. The molecule has 1 heterocycles. The number of guanidine groups is 1. The number of nitrogens with zero attached hydrogens (tertiary/aromatic N) is 2. The van der Waals surface area contributed by atoms with Crippen molar-refractivity contribution in [2.24, 2.45) is 16.6 Å². The van der Waals surface area contributed by atoms with E-state index in [1.54, 1.807) is 0 Å². The second-order valence-electron chi connectivity index (χ2n) is 7.57. The maximum atomic E-state index is 12.7. The van der Waals surface area contributed by atoms with Crippen molar-refractivity contribution in [2.45, 2.75) is 57.8 Å². The highest BCUT2D eigenvalue weighted by molar-refractivity contribution is 5.92. The topological polar surface area (TPSA) is 53.6 Å². The van der Waals surface area contributed by atoms with E-state index in [1.807, 2.05) is 25.1 Å². The molecule has 7 heteroatoms. The van der Waals surface area contributed by atoms with Crippen molar-refractivity contribution in [1.29, 1.82) is 0 Å². The Morgan fingerprint density at radius 3 is 2.38 bits per heavy atom. The van der Waals surface area contributed by atoms with Crippen LogP contribution in [0.15, 0.2) is 23.2 Å². The van der Waals surface area contributed by atoms with Crippen LogP contribution in [0, 0.1) is 19.8 Å². The highest BCUT2D eigenvalue weighted by Crippen LogP contribution is 2.37. The average Bonchev–Trinajstić information content (AvgIpc) is 2.53. The predicted octanol–water partition coefficient (Wildman–Crippen LogP) is 3.84. The fraction of sp³-hybridized carbons (Fsp3) is 0.632. The van der Waals surface area contributed by atoms with E-state index >= 15 is 0 Å². The smallest absolute Gasteiger partial charge is 0.370 e. The van der Waals surface area contributed by atoms with Gasteiger partial charge in [0.25, 0.3) is 0 Å². The summed E-state index contributed by atoms with van der Waals surface area (Å²) < 4.78 is 38.2. The molecule has 0 unspecified atom stereocenters. The first-order valence-corrected chi connectivity index (χ1v) is 9.20. The van der Waals surface area contributed by atoms with Gasteiger partial charge >= 0.3 is 6.18 Å². The first kappa shape index (κ1) is 19.0. The number of hydrogen-bond acceptors (Lipinski definition) is 2. The predicted molar refractivity (Wildman–Crippen MR) is 98.3 cm³/mol. The van der Waals surface area contributed by atoms with Gasteiger partial charge in [-0.3, -0.25) is 0 Å². The van der Waals surface area contributed by atoms with Crippen LogP contribution in [0.5, 0.6) is 0 Å². The maximum Gasteiger partial charge on any atom is 0.391 e. The molecule has 0 bridgehead atoms.